The van der Waals surface area contributed by atoms with Crippen LogP contribution < -0.4 is 15.8 Å². The molecule has 0 saturated heterocycles. The Labute approximate surface area is 173 Å². The number of anilines is 1. The van der Waals surface area contributed by atoms with Crippen molar-refractivity contribution < 1.29 is 17.9 Å². The lowest BCUT2D eigenvalue weighted by Gasteiger charge is -2.15. The molecule has 3 aromatic rings. The van der Waals surface area contributed by atoms with E-state index in [1.54, 1.807) is 19.1 Å². The molecule has 0 amide bonds. The van der Waals surface area contributed by atoms with Gasteiger partial charge in [-0.05, 0) is 30.0 Å². The van der Waals surface area contributed by atoms with E-state index in [1.165, 1.54) is 6.07 Å². The zero-order chi connectivity index (χ0) is 21.9. The summed E-state index contributed by atoms with van der Waals surface area (Å²) in [5, 5.41) is 5.18. The van der Waals surface area contributed by atoms with E-state index in [0.717, 1.165) is 22.2 Å². The summed E-state index contributed by atoms with van der Waals surface area (Å²) in [5.74, 6) is 1.28. The predicted molar refractivity (Wildman–Crippen MR) is 114 cm³/mol. The average molecular weight is 418 g/mol. The van der Waals surface area contributed by atoms with Crippen molar-refractivity contribution in [3.63, 3.8) is 0 Å². The second-order valence-corrected chi connectivity index (χ2v) is 7.59. The SMILES string of the molecule is Cc1cc(Cn2cc3ccccc3c2NC(N)=NCC(C)C)ccc1OC(F)(F)F. The van der Waals surface area contributed by atoms with Crippen LogP contribution >= 0.6 is 0 Å². The molecule has 8 heteroatoms. The third-order valence-electron chi connectivity index (χ3n) is 4.49. The van der Waals surface area contributed by atoms with Crippen molar-refractivity contribution in [2.45, 2.75) is 33.7 Å². The predicted octanol–water partition coefficient (Wildman–Crippen LogP) is 5.28. The van der Waals surface area contributed by atoms with Crippen molar-refractivity contribution in [2.24, 2.45) is 16.6 Å². The number of fused-ring (bicyclic) bond motifs is 1. The lowest BCUT2D eigenvalue weighted by atomic mass is 10.1. The first-order valence-electron chi connectivity index (χ1n) is 9.62. The van der Waals surface area contributed by atoms with E-state index >= 15 is 0 Å². The standard InChI is InChI=1S/C22H25F3N4O/c1-14(2)11-27-21(26)28-20-18-7-5-4-6-17(18)13-29(20)12-16-8-9-19(15(3)10-16)30-22(23,24)25/h4-10,13-14H,11-12H2,1-3H3,(H3,26,27,28). The van der Waals surface area contributed by atoms with Gasteiger partial charge >= 0.3 is 6.36 Å². The van der Waals surface area contributed by atoms with Crippen molar-refractivity contribution in [3.8, 4) is 5.75 Å². The largest absolute Gasteiger partial charge is 0.573 e. The Balaban J connectivity index is 1.90. The maximum absolute atomic E-state index is 12.5. The monoisotopic (exact) mass is 418 g/mol. The number of aliphatic imine (C=N–C) groups is 1. The molecule has 0 bridgehead atoms. The summed E-state index contributed by atoms with van der Waals surface area (Å²) in [6.07, 6.45) is -2.74. The number of hydrogen-bond donors (Lipinski definition) is 2. The number of nitrogens with two attached hydrogens (primary N) is 1. The van der Waals surface area contributed by atoms with Gasteiger partial charge in [-0.25, -0.2) is 0 Å². The first kappa shape index (κ1) is 21.5. The van der Waals surface area contributed by atoms with E-state index in [2.05, 4.69) is 28.9 Å². The molecule has 0 spiro atoms. The number of guanidine groups is 1. The first-order valence-corrected chi connectivity index (χ1v) is 9.62. The molecule has 2 aromatic carbocycles. The summed E-state index contributed by atoms with van der Waals surface area (Å²) in [4.78, 5) is 4.36. The van der Waals surface area contributed by atoms with E-state index < -0.39 is 6.36 Å². The number of halogens is 3. The molecule has 5 nitrogen and oxygen atoms in total. The number of benzene rings is 2. The van der Waals surface area contributed by atoms with E-state index in [0.29, 0.717) is 30.5 Å². The van der Waals surface area contributed by atoms with Gasteiger partial charge in [-0.3, -0.25) is 4.99 Å². The Morgan fingerprint density at radius 3 is 2.60 bits per heavy atom. The molecule has 0 aliphatic heterocycles. The van der Waals surface area contributed by atoms with Gasteiger partial charge in [0.15, 0.2) is 5.96 Å². The van der Waals surface area contributed by atoms with Crippen LogP contribution in [0.5, 0.6) is 5.75 Å². The first-order chi connectivity index (χ1) is 14.1. The Morgan fingerprint density at radius 2 is 1.93 bits per heavy atom. The highest BCUT2D eigenvalue weighted by Gasteiger charge is 2.31. The Morgan fingerprint density at radius 1 is 1.20 bits per heavy atom. The second-order valence-electron chi connectivity index (χ2n) is 7.59. The molecular weight excluding hydrogens is 393 g/mol. The van der Waals surface area contributed by atoms with Gasteiger partial charge in [0.05, 0.1) is 0 Å². The molecule has 160 valence electrons. The molecular formula is C22H25F3N4O. The van der Waals surface area contributed by atoms with Crippen LogP contribution in [0, 0.1) is 12.8 Å². The average Bonchev–Trinajstić information content (AvgIpc) is 2.98. The summed E-state index contributed by atoms with van der Waals surface area (Å²) in [6.45, 7) is 6.76. The number of aryl methyl sites for hydroxylation is 1. The molecule has 0 aliphatic rings. The van der Waals surface area contributed by atoms with Gasteiger partial charge in [-0.1, -0.05) is 50.2 Å². The van der Waals surface area contributed by atoms with Crippen LogP contribution in [0.1, 0.15) is 25.0 Å². The van der Waals surface area contributed by atoms with Crippen LogP contribution in [0.15, 0.2) is 53.7 Å². The van der Waals surface area contributed by atoms with E-state index in [1.807, 2.05) is 35.0 Å². The van der Waals surface area contributed by atoms with Crippen LogP contribution in [-0.2, 0) is 6.54 Å². The molecule has 1 aromatic heterocycles. The van der Waals surface area contributed by atoms with Crippen LogP contribution in [0.4, 0.5) is 19.0 Å². The Kier molecular flexibility index (Phi) is 6.24. The molecule has 3 N–H and O–H groups in total. The van der Waals surface area contributed by atoms with Crippen molar-refractivity contribution in [3.05, 3.63) is 59.8 Å². The fourth-order valence-corrected chi connectivity index (χ4v) is 3.16. The number of aromatic nitrogens is 1. The normalized spacial score (nSPS) is 12.6. The third-order valence-corrected chi connectivity index (χ3v) is 4.49. The van der Waals surface area contributed by atoms with Crippen LogP contribution in [0.2, 0.25) is 0 Å². The summed E-state index contributed by atoms with van der Waals surface area (Å²) in [7, 11) is 0. The minimum Gasteiger partial charge on any atom is -0.406 e. The van der Waals surface area contributed by atoms with Gasteiger partial charge in [0.1, 0.15) is 11.6 Å². The van der Waals surface area contributed by atoms with Crippen LogP contribution in [-0.4, -0.2) is 23.4 Å². The van der Waals surface area contributed by atoms with Crippen LogP contribution in [0.3, 0.4) is 0 Å². The minimum atomic E-state index is -4.71. The van der Waals surface area contributed by atoms with Gasteiger partial charge in [-0.15, -0.1) is 13.2 Å². The molecule has 1 heterocycles. The number of alkyl halides is 3. The summed E-state index contributed by atoms with van der Waals surface area (Å²) in [6, 6.07) is 12.5. The quantitative estimate of drug-likeness (QED) is 0.423. The van der Waals surface area contributed by atoms with Crippen molar-refractivity contribution >= 4 is 22.5 Å². The molecule has 30 heavy (non-hydrogen) atoms. The number of nitrogens with one attached hydrogen (secondary N) is 1. The number of rotatable bonds is 6. The molecule has 0 fully saturated rings. The fourth-order valence-electron chi connectivity index (χ4n) is 3.16. The van der Waals surface area contributed by atoms with Gasteiger partial charge < -0.3 is 20.4 Å². The third kappa shape index (κ3) is 5.46. The minimum absolute atomic E-state index is 0.202. The lowest BCUT2D eigenvalue weighted by Crippen LogP contribution is -2.25. The summed E-state index contributed by atoms with van der Waals surface area (Å²) in [5.41, 5.74) is 7.32. The topological polar surface area (TPSA) is 64.6 Å². The van der Waals surface area contributed by atoms with Gasteiger partial charge in [0, 0.05) is 30.1 Å². The molecule has 0 unspecified atom stereocenters. The lowest BCUT2D eigenvalue weighted by molar-refractivity contribution is -0.274. The highest BCUT2D eigenvalue weighted by molar-refractivity contribution is 6.02. The molecule has 3 rings (SSSR count). The number of hydrogen-bond acceptors (Lipinski definition) is 2. The van der Waals surface area contributed by atoms with Gasteiger partial charge in [-0.2, -0.15) is 0 Å². The van der Waals surface area contributed by atoms with Gasteiger partial charge in [0.2, 0.25) is 0 Å². The molecule has 0 radical (unpaired) electrons. The maximum Gasteiger partial charge on any atom is 0.573 e. The maximum atomic E-state index is 12.5. The zero-order valence-electron chi connectivity index (χ0n) is 17.1. The number of nitrogens with zero attached hydrogens (tertiary/aromatic N) is 2. The smallest absolute Gasteiger partial charge is 0.406 e. The number of ether oxygens (including phenoxy) is 1. The molecule has 0 atom stereocenters. The van der Waals surface area contributed by atoms with Crippen molar-refractivity contribution in [2.75, 3.05) is 11.9 Å². The highest BCUT2D eigenvalue weighted by atomic mass is 19.4. The zero-order valence-corrected chi connectivity index (χ0v) is 17.1. The second kappa shape index (κ2) is 8.69. The highest BCUT2D eigenvalue weighted by Crippen LogP contribution is 2.29. The van der Waals surface area contributed by atoms with Crippen molar-refractivity contribution in [1.29, 1.82) is 0 Å². The Hall–Kier alpha value is -3.16. The summed E-state index contributed by atoms with van der Waals surface area (Å²) < 4.78 is 43.6. The Bertz CT molecular complexity index is 1050. The summed E-state index contributed by atoms with van der Waals surface area (Å²) >= 11 is 0. The fraction of sp³-hybridized carbons (Fsp3) is 0.318. The molecule has 0 aliphatic carbocycles. The van der Waals surface area contributed by atoms with E-state index in [9.17, 15) is 13.2 Å². The van der Waals surface area contributed by atoms with E-state index in [4.69, 9.17) is 5.73 Å². The van der Waals surface area contributed by atoms with E-state index in [-0.39, 0.29) is 5.75 Å². The van der Waals surface area contributed by atoms with Crippen LogP contribution in [0.25, 0.3) is 10.8 Å². The van der Waals surface area contributed by atoms with Crippen molar-refractivity contribution in [1.82, 2.24) is 4.57 Å². The molecule has 0 saturated carbocycles. The van der Waals surface area contributed by atoms with Gasteiger partial charge in [0.25, 0.3) is 0 Å².